The molecule has 0 amide bonds. The third-order valence-electron chi connectivity index (χ3n) is 7.40. The van der Waals surface area contributed by atoms with Crippen molar-refractivity contribution in [1.82, 2.24) is 24.1 Å². The number of ether oxygens (including phenoxy) is 1. The second kappa shape index (κ2) is 10.4. The quantitative estimate of drug-likeness (QED) is 0.499. The van der Waals surface area contributed by atoms with E-state index in [2.05, 4.69) is 26.7 Å². The number of aromatic nitrogens is 2. The van der Waals surface area contributed by atoms with Crippen LogP contribution in [0.5, 0.6) is 5.88 Å². The Balaban J connectivity index is 1.18. The Bertz CT molecular complexity index is 859. The highest BCUT2D eigenvalue weighted by molar-refractivity contribution is 7.89. The molecule has 2 aliphatic heterocycles. The number of hydrogen-bond donors (Lipinski definition) is 0. The molecule has 186 valence electrons. The molecular weight excluding hydrogens is 440 g/mol. The van der Waals surface area contributed by atoms with Crippen LogP contribution in [0.2, 0.25) is 0 Å². The highest BCUT2D eigenvalue weighted by Gasteiger charge is 2.44. The zero-order chi connectivity index (χ0) is 23.5. The van der Waals surface area contributed by atoms with E-state index in [0.29, 0.717) is 56.5 Å². The van der Waals surface area contributed by atoms with Crippen LogP contribution in [0.15, 0.2) is 12.4 Å². The molecule has 1 saturated carbocycles. The van der Waals surface area contributed by atoms with Gasteiger partial charge in [-0.15, -0.1) is 0 Å². The highest BCUT2D eigenvalue weighted by Crippen LogP contribution is 2.42. The van der Waals surface area contributed by atoms with Gasteiger partial charge in [-0.2, -0.15) is 4.31 Å². The Morgan fingerprint density at radius 1 is 1.06 bits per heavy atom. The monoisotopic (exact) mass is 480 g/mol. The molecule has 1 aromatic heterocycles. The van der Waals surface area contributed by atoms with Crippen LogP contribution < -0.4 is 9.64 Å². The van der Waals surface area contributed by atoms with Gasteiger partial charge in [0.15, 0.2) is 0 Å². The smallest absolute Gasteiger partial charge is 0.232 e. The number of sulfonamides is 1. The molecule has 0 bridgehead atoms. The highest BCUT2D eigenvalue weighted by atomic mass is 32.2. The summed E-state index contributed by atoms with van der Waals surface area (Å²) in [4.78, 5) is 15.7. The van der Waals surface area contributed by atoms with Crippen molar-refractivity contribution in [3.8, 4) is 5.88 Å². The van der Waals surface area contributed by atoms with Crippen molar-refractivity contribution >= 4 is 15.8 Å². The number of rotatable bonds is 10. The van der Waals surface area contributed by atoms with E-state index in [1.54, 1.807) is 16.7 Å². The maximum Gasteiger partial charge on any atom is 0.232 e. The number of hydrogen-bond acceptors (Lipinski definition) is 8. The minimum absolute atomic E-state index is 0.204. The molecule has 1 aliphatic carbocycles. The van der Waals surface area contributed by atoms with Crippen LogP contribution in [0.3, 0.4) is 0 Å². The van der Waals surface area contributed by atoms with Crippen LogP contribution in [0.1, 0.15) is 39.0 Å². The van der Waals surface area contributed by atoms with Gasteiger partial charge < -0.3 is 14.5 Å². The molecule has 0 unspecified atom stereocenters. The predicted octanol–water partition coefficient (Wildman–Crippen LogP) is 1.52. The van der Waals surface area contributed by atoms with E-state index >= 15 is 0 Å². The van der Waals surface area contributed by atoms with Gasteiger partial charge in [-0.3, -0.25) is 4.90 Å². The lowest BCUT2D eigenvalue weighted by Crippen LogP contribution is -2.49. The fourth-order valence-corrected chi connectivity index (χ4v) is 6.25. The van der Waals surface area contributed by atoms with Gasteiger partial charge in [0, 0.05) is 31.7 Å². The lowest BCUT2D eigenvalue weighted by atomic mass is 9.96. The Hall–Kier alpha value is -1.49. The molecule has 0 atom stereocenters. The molecule has 3 fully saturated rings. The average Bonchev–Trinajstić information content (AvgIpc) is 3.56. The molecule has 0 radical (unpaired) electrons. The van der Waals surface area contributed by atoms with E-state index < -0.39 is 10.0 Å². The minimum atomic E-state index is -3.20. The van der Waals surface area contributed by atoms with Gasteiger partial charge in [-0.25, -0.2) is 18.4 Å². The van der Waals surface area contributed by atoms with Gasteiger partial charge >= 0.3 is 0 Å². The van der Waals surface area contributed by atoms with Crippen LogP contribution >= 0.6 is 0 Å². The summed E-state index contributed by atoms with van der Waals surface area (Å²) in [5, 5.41) is 0. The molecular formula is C23H40N6O3S. The van der Waals surface area contributed by atoms with E-state index in [0.717, 1.165) is 12.4 Å². The fourth-order valence-electron chi connectivity index (χ4n) is 4.77. The Morgan fingerprint density at radius 2 is 1.76 bits per heavy atom. The zero-order valence-corrected chi connectivity index (χ0v) is 21.3. The van der Waals surface area contributed by atoms with Crippen molar-refractivity contribution in [2.75, 3.05) is 77.2 Å². The summed E-state index contributed by atoms with van der Waals surface area (Å²) in [6.07, 6.45) is 9.15. The lowest BCUT2D eigenvalue weighted by molar-refractivity contribution is 0.101. The summed E-state index contributed by atoms with van der Waals surface area (Å²) in [5.74, 6) is 2.13. The van der Waals surface area contributed by atoms with Gasteiger partial charge in [-0.05, 0) is 78.7 Å². The predicted molar refractivity (Wildman–Crippen MR) is 130 cm³/mol. The van der Waals surface area contributed by atoms with Crippen LogP contribution in [0.4, 0.5) is 5.82 Å². The molecule has 0 N–H and O–H groups in total. The third-order valence-corrected chi connectivity index (χ3v) is 9.35. The van der Waals surface area contributed by atoms with Crippen LogP contribution in [-0.2, 0) is 10.0 Å². The first-order valence-electron chi connectivity index (χ1n) is 12.3. The molecule has 0 spiro atoms. The second-order valence-corrected chi connectivity index (χ2v) is 12.4. The lowest BCUT2D eigenvalue weighted by Gasteiger charge is -2.36. The first-order valence-corrected chi connectivity index (χ1v) is 13.9. The SMILES string of the molecule is CN(C)CCCS(=O)(=O)N1CCN(c2cnc(OCC3CCN(C4(C)CC4)CC3)cn2)CC1. The van der Waals surface area contributed by atoms with Crippen molar-refractivity contribution in [2.24, 2.45) is 5.92 Å². The van der Waals surface area contributed by atoms with Crippen LogP contribution in [-0.4, -0.2) is 110 Å². The summed E-state index contributed by atoms with van der Waals surface area (Å²) >= 11 is 0. The maximum absolute atomic E-state index is 12.6. The summed E-state index contributed by atoms with van der Waals surface area (Å²) in [6, 6.07) is 0. The molecule has 33 heavy (non-hydrogen) atoms. The summed E-state index contributed by atoms with van der Waals surface area (Å²) in [7, 11) is 0.722. The van der Waals surface area contributed by atoms with Gasteiger partial charge in [0.2, 0.25) is 15.9 Å². The Morgan fingerprint density at radius 3 is 2.33 bits per heavy atom. The number of piperazine rings is 1. The molecule has 10 heteroatoms. The number of piperidine rings is 1. The summed E-state index contributed by atoms with van der Waals surface area (Å²) in [5.41, 5.74) is 0.481. The van der Waals surface area contributed by atoms with E-state index in [9.17, 15) is 8.42 Å². The van der Waals surface area contributed by atoms with Gasteiger partial charge in [0.25, 0.3) is 0 Å². The molecule has 3 aliphatic rings. The van der Waals surface area contributed by atoms with Crippen molar-refractivity contribution in [3.05, 3.63) is 12.4 Å². The van der Waals surface area contributed by atoms with Crippen molar-refractivity contribution in [1.29, 1.82) is 0 Å². The summed E-state index contributed by atoms with van der Waals surface area (Å²) < 4.78 is 32.7. The van der Waals surface area contributed by atoms with E-state index in [4.69, 9.17) is 4.74 Å². The first kappa shape index (κ1) is 24.6. The van der Waals surface area contributed by atoms with E-state index in [1.165, 1.54) is 38.8 Å². The number of anilines is 1. The third kappa shape index (κ3) is 6.55. The van der Waals surface area contributed by atoms with Crippen molar-refractivity contribution in [3.63, 3.8) is 0 Å². The first-order chi connectivity index (χ1) is 15.7. The van der Waals surface area contributed by atoms with Crippen LogP contribution in [0.25, 0.3) is 0 Å². The van der Waals surface area contributed by atoms with Gasteiger partial charge in [0.05, 0.1) is 24.8 Å². The van der Waals surface area contributed by atoms with Crippen molar-refractivity contribution < 1.29 is 13.2 Å². The fraction of sp³-hybridized carbons (Fsp3) is 0.826. The zero-order valence-electron chi connectivity index (χ0n) is 20.4. The largest absolute Gasteiger partial charge is 0.476 e. The average molecular weight is 481 g/mol. The van der Waals surface area contributed by atoms with Gasteiger partial charge in [0.1, 0.15) is 5.82 Å². The molecule has 2 saturated heterocycles. The van der Waals surface area contributed by atoms with E-state index in [1.807, 2.05) is 19.0 Å². The Labute approximate surface area is 199 Å². The van der Waals surface area contributed by atoms with E-state index in [-0.39, 0.29) is 5.75 Å². The number of nitrogens with zero attached hydrogens (tertiary/aromatic N) is 6. The molecule has 4 rings (SSSR count). The van der Waals surface area contributed by atoms with Crippen LogP contribution in [0, 0.1) is 5.92 Å². The summed E-state index contributed by atoms with van der Waals surface area (Å²) in [6.45, 7) is 8.43. The normalized spacial score (nSPS) is 22.6. The Kier molecular flexibility index (Phi) is 7.77. The molecule has 1 aromatic rings. The topological polar surface area (TPSA) is 82.1 Å². The standard InChI is InChI=1S/C23H40N6O3S/c1-23(7-8-23)28-10-5-20(6-11-28)19-32-22-18-24-21(17-25-22)27-12-14-29(15-13-27)33(30,31)16-4-9-26(2)3/h17-18,20H,4-16,19H2,1-3H3. The molecule has 3 heterocycles. The number of likely N-dealkylation sites (tertiary alicyclic amines) is 1. The minimum Gasteiger partial charge on any atom is -0.476 e. The second-order valence-electron chi connectivity index (χ2n) is 10.3. The van der Waals surface area contributed by atoms with Crippen molar-refractivity contribution in [2.45, 2.75) is 44.6 Å². The molecule has 9 nitrogen and oxygen atoms in total. The molecule has 0 aromatic carbocycles. The maximum atomic E-state index is 12.6. The van der Waals surface area contributed by atoms with Gasteiger partial charge in [-0.1, -0.05) is 0 Å².